The lowest BCUT2D eigenvalue weighted by Crippen LogP contribution is -2.29. The predicted octanol–water partition coefficient (Wildman–Crippen LogP) is 3.81. The number of nitrogens with zero attached hydrogens (tertiary/aromatic N) is 1. The highest BCUT2D eigenvalue weighted by molar-refractivity contribution is 6.04. The molecule has 2 aromatic carbocycles. The van der Waals surface area contributed by atoms with Crippen LogP contribution in [0.4, 0.5) is 11.4 Å². The van der Waals surface area contributed by atoms with Crippen molar-refractivity contribution in [3.63, 3.8) is 0 Å². The van der Waals surface area contributed by atoms with E-state index >= 15 is 0 Å². The summed E-state index contributed by atoms with van der Waals surface area (Å²) in [6, 6.07) is 18.0. The lowest BCUT2D eigenvalue weighted by atomic mass is 10.1. The number of benzene rings is 2. The van der Waals surface area contributed by atoms with Gasteiger partial charge in [0.05, 0.1) is 6.54 Å². The van der Waals surface area contributed by atoms with Gasteiger partial charge in [-0.05, 0) is 61.7 Å². The molecule has 0 radical (unpaired) electrons. The number of hydrogen-bond acceptors (Lipinski definition) is 3. The number of anilines is 2. The minimum atomic E-state index is -0.464. The minimum absolute atomic E-state index is 0.0326. The van der Waals surface area contributed by atoms with Gasteiger partial charge in [0.1, 0.15) is 5.56 Å². The van der Waals surface area contributed by atoms with Crippen molar-refractivity contribution >= 4 is 23.2 Å². The quantitative estimate of drug-likeness (QED) is 0.659. The summed E-state index contributed by atoms with van der Waals surface area (Å²) in [5.41, 5.74) is 3.09. The SMILES string of the molecule is Cc1cccc(Cn2cccc(C(=O)Nc3ccc(NC(=O)C4CC4)cc3)c2=O)c1. The molecule has 1 aliphatic rings. The highest BCUT2D eigenvalue weighted by Crippen LogP contribution is 2.30. The zero-order valence-electron chi connectivity index (χ0n) is 16.7. The molecule has 2 N–H and O–H groups in total. The number of pyridine rings is 1. The molecule has 1 aromatic heterocycles. The monoisotopic (exact) mass is 401 g/mol. The molecule has 0 unspecified atom stereocenters. The molecule has 0 spiro atoms. The molecule has 0 bridgehead atoms. The van der Waals surface area contributed by atoms with Gasteiger partial charge in [0, 0.05) is 23.5 Å². The van der Waals surface area contributed by atoms with E-state index in [0.717, 1.165) is 24.0 Å². The highest BCUT2D eigenvalue weighted by atomic mass is 16.2. The average molecular weight is 401 g/mol. The summed E-state index contributed by atoms with van der Waals surface area (Å²) in [6.45, 7) is 2.40. The summed E-state index contributed by atoms with van der Waals surface area (Å²) in [6.07, 6.45) is 3.57. The molecule has 6 heteroatoms. The van der Waals surface area contributed by atoms with Crippen LogP contribution in [0.1, 0.15) is 34.3 Å². The van der Waals surface area contributed by atoms with Gasteiger partial charge in [0.25, 0.3) is 11.5 Å². The zero-order valence-corrected chi connectivity index (χ0v) is 16.7. The van der Waals surface area contributed by atoms with Crippen molar-refractivity contribution in [3.8, 4) is 0 Å². The van der Waals surface area contributed by atoms with E-state index in [9.17, 15) is 14.4 Å². The number of hydrogen-bond donors (Lipinski definition) is 2. The van der Waals surface area contributed by atoms with E-state index in [4.69, 9.17) is 0 Å². The van der Waals surface area contributed by atoms with Crippen molar-refractivity contribution in [2.24, 2.45) is 5.92 Å². The smallest absolute Gasteiger partial charge is 0.263 e. The molecule has 1 aliphatic carbocycles. The molecule has 152 valence electrons. The van der Waals surface area contributed by atoms with Crippen molar-refractivity contribution in [1.82, 2.24) is 4.57 Å². The molecule has 1 saturated carbocycles. The average Bonchev–Trinajstić information content (AvgIpc) is 3.56. The Bertz CT molecular complexity index is 1140. The van der Waals surface area contributed by atoms with E-state index in [2.05, 4.69) is 10.6 Å². The maximum absolute atomic E-state index is 12.8. The number of rotatable bonds is 6. The normalized spacial score (nSPS) is 13.0. The van der Waals surface area contributed by atoms with Gasteiger partial charge in [-0.1, -0.05) is 29.8 Å². The van der Waals surface area contributed by atoms with Crippen LogP contribution in [0.15, 0.2) is 71.7 Å². The number of carbonyl (C=O) groups excluding carboxylic acids is 2. The Balaban J connectivity index is 1.45. The van der Waals surface area contributed by atoms with E-state index in [1.54, 1.807) is 36.5 Å². The fraction of sp³-hybridized carbons (Fsp3) is 0.208. The van der Waals surface area contributed by atoms with Crippen molar-refractivity contribution in [2.75, 3.05) is 10.6 Å². The van der Waals surface area contributed by atoms with Crippen molar-refractivity contribution in [2.45, 2.75) is 26.3 Å². The van der Waals surface area contributed by atoms with Gasteiger partial charge in [-0.3, -0.25) is 14.4 Å². The van der Waals surface area contributed by atoms with Gasteiger partial charge < -0.3 is 15.2 Å². The van der Waals surface area contributed by atoms with Crippen LogP contribution in [0.3, 0.4) is 0 Å². The number of carbonyl (C=O) groups is 2. The van der Waals surface area contributed by atoms with Crippen LogP contribution in [-0.4, -0.2) is 16.4 Å². The molecule has 30 heavy (non-hydrogen) atoms. The van der Waals surface area contributed by atoms with Gasteiger partial charge in [0.2, 0.25) is 5.91 Å². The van der Waals surface area contributed by atoms with Crippen LogP contribution in [0.25, 0.3) is 0 Å². The van der Waals surface area contributed by atoms with Crippen LogP contribution in [0.2, 0.25) is 0 Å². The standard InChI is InChI=1S/C24H23N3O3/c1-16-4-2-5-17(14-16)15-27-13-3-6-21(24(27)30)23(29)26-20-11-9-19(10-12-20)25-22(28)18-7-8-18/h2-6,9-14,18H,7-8,15H2,1H3,(H,25,28)(H,26,29). The topological polar surface area (TPSA) is 80.2 Å². The first-order valence-electron chi connectivity index (χ1n) is 9.97. The molecule has 1 heterocycles. The largest absolute Gasteiger partial charge is 0.326 e. The molecule has 0 saturated heterocycles. The van der Waals surface area contributed by atoms with Crippen molar-refractivity contribution in [3.05, 3.63) is 93.9 Å². The lowest BCUT2D eigenvalue weighted by Gasteiger charge is -2.10. The first-order chi connectivity index (χ1) is 14.5. The summed E-state index contributed by atoms with van der Waals surface area (Å²) in [7, 11) is 0. The number of aromatic nitrogens is 1. The van der Waals surface area contributed by atoms with Crippen LogP contribution in [0, 0.1) is 12.8 Å². The number of nitrogens with one attached hydrogen (secondary N) is 2. The van der Waals surface area contributed by atoms with E-state index < -0.39 is 5.91 Å². The van der Waals surface area contributed by atoms with Crippen LogP contribution in [0.5, 0.6) is 0 Å². The van der Waals surface area contributed by atoms with Crippen LogP contribution < -0.4 is 16.2 Å². The molecule has 6 nitrogen and oxygen atoms in total. The summed E-state index contributed by atoms with van der Waals surface area (Å²) >= 11 is 0. The summed E-state index contributed by atoms with van der Waals surface area (Å²) in [4.78, 5) is 37.3. The number of amides is 2. The Kier molecular flexibility index (Phi) is 5.48. The Hall–Kier alpha value is -3.67. The third-order valence-corrected chi connectivity index (χ3v) is 5.06. The first-order valence-corrected chi connectivity index (χ1v) is 9.97. The van der Waals surface area contributed by atoms with E-state index in [1.165, 1.54) is 10.6 Å². The predicted molar refractivity (Wildman–Crippen MR) is 117 cm³/mol. The zero-order chi connectivity index (χ0) is 21.1. The second kappa shape index (κ2) is 8.37. The molecule has 3 aromatic rings. The highest BCUT2D eigenvalue weighted by Gasteiger charge is 2.29. The van der Waals surface area contributed by atoms with Crippen molar-refractivity contribution < 1.29 is 9.59 Å². The third-order valence-electron chi connectivity index (χ3n) is 5.06. The van der Waals surface area contributed by atoms with Crippen LogP contribution >= 0.6 is 0 Å². The molecular formula is C24H23N3O3. The molecule has 2 amide bonds. The Morgan fingerprint density at radius 1 is 0.967 bits per heavy atom. The molecule has 0 aliphatic heterocycles. The van der Waals surface area contributed by atoms with E-state index in [1.807, 2.05) is 31.2 Å². The fourth-order valence-electron chi connectivity index (χ4n) is 3.27. The van der Waals surface area contributed by atoms with Gasteiger partial charge in [-0.2, -0.15) is 0 Å². The maximum Gasteiger partial charge on any atom is 0.263 e. The fourth-order valence-corrected chi connectivity index (χ4v) is 3.27. The second-order valence-corrected chi connectivity index (χ2v) is 7.64. The molecule has 1 fully saturated rings. The minimum Gasteiger partial charge on any atom is -0.326 e. The van der Waals surface area contributed by atoms with Crippen LogP contribution in [-0.2, 0) is 11.3 Å². The van der Waals surface area contributed by atoms with E-state index in [-0.39, 0.29) is 22.9 Å². The lowest BCUT2D eigenvalue weighted by molar-refractivity contribution is -0.117. The molecule has 4 rings (SSSR count). The third kappa shape index (κ3) is 4.66. The van der Waals surface area contributed by atoms with Gasteiger partial charge in [-0.15, -0.1) is 0 Å². The Labute approximate surface area is 174 Å². The van der Waals surface area contributed by atoms with Gasteiger partial charge in [0.15, 0.2) is 0 Å². The second-order valence-electron chi connectivity index (χ2n) is 7.64. The van der Waals surface area contributed by atoms with Gasteiger partial charge in [-0.25, -0.2) is 0 Å². The Morgan fingerprint density at radius 2 is 1.67 bits per heavy atom. The number of aryl methyl sites for hydroxylation is 1. The maximum atomic E-state index is 12.8. The summed E-state index contributed by atoms with van der Waals surface area (Å²) < 4.78 is 1.53. The summed E-state index contributed by atoms with van der Waals surface area (Å²) in [5.74, 6) is -0.303. The Morgan fingerprint density at radius 3 is 2.33 bits per heavy atom. The molecular weight excluding hydrogens is 378 g/mol. The summed E-state index contributed by atoms with van der Waals surface area (Å²) in [5, 5.41) is 5.60. The van der Waals surface area contributed by atoms with Gasteiger partial charge >= 0.3 is 0 Å². The van der Waals surface area contributed by atoms with E-state index in [0.29, 0.717) is 17.9 Å². The first kappa shape index (κ1) is 19.6. The molecule has 0 atom stereocenters. The van der Waals surface area contributed by atoms with Crippen molar-refractivity contribution in [1.29, 1.82) is 0 Å².